The molecule has 1 amide bonds. The molecule has 3 heteroatoms. The van der Waals surface area contributed by atoms with E-state index in [0.29, 0.717) is 0 Å². The van der Waals surface area contributed by atoms with Crippen molar-refractivity contribution in [3.05, 3.63) is 30.1 Å². The minimum absolute atomic E-state index is 0.224. The molecule has 0 fully saturated rings. The first-order chi connectivity index (χ1) is 5.22. The van der Waals surface area contributed by atoms with Crippen LogP contribution in [0, 0.1) is 0 Å². The third kappa shape index (κ3) is 1.77. The van der Waals surface area contributed by atoms with Crippen LogP contribution < -0.4 is 5.73 Å². The fourth-order valence-corrected chi connectivity index (χ4v) is 0.816. The zero-order valence-electron chi connectivity index (χ0n) is 6.32. The fraction of sp³-hybridized carbons (Fsp3) is 0.250. The Hall–Kier alpha value is -1.38. The van der Waals surface area contributed by atoms with Crippen molar-refractivity contribution in [2.24, 2.45) is 5.73 Å². The van der Waals surface area contributed by atoms with Crippen molar-refractivity contribution in [3.8, 4) is 0 Å². The second kappa shape index (κ2) is 3.14. The van der Waals surface area contributed by atoms with Crippen LogP contribution in [0.25, 0.3) is 0 Å². The van der Waals surface area contributed by atoms with Crippen LogP contribution in [0.5, 0.6) is 0 Å². The number of primary amides is 1. The maximum Gasteiger partial charge on any atom is 0.224 e. The highest BCUT2D eigenvalue weighted by atomic mass is 16.1. The van der Waals surface area contributed by atoms with Crippen molar-refractivity contribution in [2.45, 2.75) is 12.8 Å². The molecule has 0 aliphatic rings. The minimum atomic E-state index is -0.309. The molecule has 1 aromatic heterocycles. The van der Waals surface area contributed by atoms with Crippen molar-refractivity contribution in [3.63, 3.8) is 0 Å². The number of carbonyl (C=O) groups excluding carboxylic acids is 1. The van der Waals surface area contributed by atoms with Crippen LogP contribution in [0.3, 0.4) is 0 Å². The first-order valence-electron chi connectivity index (χ1n) is 3.41. The Labute approximate surface area is 65.2 Å². The number of carbonyl (C=O) groups is 1. The lowest BCUT2D eigenvalue weighted by molar-refractivity contribution is -0.119. The molecule has 1 aromatic rings. The van der Waals surface area contributed by atoms with E-state index in [9.17, 15) is 4.79 Å². The Morgan fingerprint density at radius 2 is 2.09 bits per heavy atom. The number of amides is 1. The van der Waals surface area contributed by atoms with Gasteiger partial charge in [-0.1, -0.05) is 0 Å². The first-order valence-corrected chi connectivity index (χ1v) is 3.41. The number of rotatable bonds is 2. The van der Waals surface area contributed by atoms with Crippen LogP contribution >= 0.6 is 0 Å². The quantitative estimate of drug-likeness (QED) is 0.673. The summed E-state index contributed by atoms with van der Waals surface area (Å²) in [5.41, 5.74) is 6.02. The molecule has 0 aliphatic heterocycles. The summed E-state index contributed by atoms with van der Waals surface area (Å²) >= 11 is 0. The molecule has 0 radical (unpaired) electrons. The summed E-state index contributed by atoms with van der Waals surface area (Å²) in [4.78, 5) is 14.5. The molecule has 0 aromatic carbocycles. The van der Waals surface area contributed by atoms with Gasteiger partial charge in [-0.3, -0.25) is 9.78 Å². The molecule has 0 bridgehead atoms. The molecule has 0 saturated heterocycles. The number of hydrogen-bond donors (Lipinski definition) is 1. The van der Waals surface area contributed by atoms with Gasteiger partial charge in [0.05, 0.1) is 5.92 Å². The van der Waals surface area contributed by atoms with Crippen molar-refractivity contribution >= 4 is 5.91 Å². The van der Waals surface area contributed by atoms with Gasteiger partial charge < -0.3 is 5.73 Å². The molecule has 1 atom stereocenters. The molecule has 2 N–H and O–H groups in total. The predicted octanol–water partition coefficient (Wildman–Crippen LogP) is 0.670. The van der Waals surface area contributed by atoms with Crippen LogP contribution in [0.15, 0.2) is 24.5 Å². The average molecular weight is 150 g/mol. The SMILES string of the molecule is C[C@H](C(N)=O)c1ccncc1. The molecule has 1 rings (SSSR count). The zero-order valence-corrected chi connectivity index (χ0v) is 6.32. The Morgan fingerprint density at radius 1 is 1.55 bits per heavy atom. The number of nitrogens with two attached hydrogens (primary N) is 1. The smallest absolute Gasteiger partial charge is 0.224 e. The van der Waals surface area contributed by atoms with E-state index >= 15 is 0 Å². The van der Waals surface area contributed by atoms with Gasteiger partial charge in [0.1, 0.15) is 0 Å². The maximum absolute atomic E-state index is 10.7. The first kappa shape index (κ1) is 7.72. The molecular formula is C8H10N2O. The lowest BCUT2D eigenvalue weighted by atomic mass is 10.0. The van der Waals surface area contributed by atoms with Crippen molar-refractivity contribution in [1.29, 1.82) is 0 Å². The predicted molar refractivity (Wildman–Crippen MR) is 41.8 cm³/mol. The van der Waals surface area contributed by atoms with Crippen molar-refractivity contribution in [2.75, 3.05) is 0 Å². The van der Waals surface area contributed by atoms with Crippen LogP contribution in [0.4, 0.5) is 0 Å². The van der Waals surface area contributed by atoms with E-state index < -0.39 is 0 Å². The monoisotopic (exact) mass is 150 g/mol. The van der Waals surface area contributed by atoms with Gasteiger partial charge in [-0.15, -0.1) is 0 Å². The molecule has 3 nitrogen and oxygen atoms in total. The van der Waals surface area contributed by atoms with Gasteiger partial charge in [0, 0.05) is 12.4 Å². The van der Waals surface area contributed by atoms with Gasteiger partial charge in [-0.2, -0.15) is 0 Å². The summed E-state index contributed by atoms with van der Waals surface area (Å²) in [6, 6.07) is 3.57. The lowest BCUT2D eigenvalue weighted by Crippen LogP contribution is -2.18. The Bertz CT molecular complexity index is 246. The van der Waals surface area contributed by atoms with Gasteiger partial charge in [-0.25, -0.2) is 0 Å². The van der Waals surface area contributed by atoms with Gasteiger partial charge in [0.25, 0.3) is 0 Å². The number of nitrogens with zero attached hydrogens (tertiary/aromatic N) is 1. The van der Waals surface area contributed by atoms with Crippen LogP contribution in [0.2, 0.25) is 0 Å². The van der Waals surface area contributed by atoms with Crippen molar-refractivity contribution < 1.29 is 4.79 Å². The molecule has 0 saturated carbocycles. The zero-order chi connectivity index (χ0) is 8.27. The summed E-state index contributed by atoms with van der Waals surface area (Å²) in [6.45, 7) is 1.78. The summed E-state index contributed by atoms with van der Waals surface area (Å²) in [5, 5.41) is 0. The Kier molecular flexibility index (Phi) is 2.21. The van der Waals surface area contributed by atoms with Gasteiger partial charge in [0.2, 0.25) is 5.91 Å². The molecule has 11 heavy (non-hydrogen) atoms. The number of pyridine rings is 1. The molecular weight excluding hydrogens is 140 g/mol. The Morgan fingerprint density at radius 3 is 2.55 bits per heavy atom. The summed E-state index contributed by atoms with van der Waals surface area (Å²) in [6.07, 6.45) is 3.30. The molecule has 0 unspecified atom stereocenters. The highest BCUT2D eigenvalue weighted by molar-refractivity contribution is 5.81. The third-order valence-corrected chi connectivity index (χ3v) is 1.63. The van der Waals surface area contributed by atoms with Crippen LogP contribution in [-0.4, -0.2) is 10.9 Å². The standard InChI is InChI=1S/C8H10N2O/c1-6(8(9)11)7-2-4-10-5-3-7/h2-6H,1H3,(H2,9,11)/t6-/m0/s1. The van der Waals surface area contributed by atoms with E-state index in [-0.39, 0.29) is 11.8 Å². The largest absolute Gasteiger partial charge is 0.369 e. The van der Waals surface area contributed by atoms with Crippen LogP contribution in [-0.2, 0) is 4.79 Å². The van der Waals surface area contributed by atoms with Gasteiger partial charge in [0.15, 0.2) is 0 Å². The Balaban J connectivity index is 2.85. The molecule has 58 valence electrons. The maximum atomic E-state index is 10.7. The second-order valence-electron chi connectivity index (χ2n) is 2.40. The number of aromatic nitrogens is 1. The molecule has 0 spiro atoms. The highest BCUT2D eigenvalue weighted by Crippen LogP contribution is 2.11. The van der Waals surface area contributed by atoms with Crippen molar-refractivity contribution in [1.82, 2.24) is 4.98 Å². The van der Waals surface area contributed by atoms with Gasteiger partial charge in [-0.05, 0) is 24.6 Å². The summed E-state index contributed by atoms with van der Waals surface area (Å²) in [7, 11) is 0. The summed E-state index contributed by atoms with van der Waals surface area (Å²) in [5.74, 6) is -0.533. The van der Waals surface area contributed by atoms with Crippen LogP contribution in [0.1, 0.15) is 18.4 Å². The van der Waals surface area contributed by atoms with E-state index in [1.165, 1.54) is 0 Å². The fourth-order valence-electron chi connectivity index (χ4n) is 0.816. The van der Waals surface area contributed by atoms with Gasteiger partial charge >= 0.3 is 0 Å². The van der Waals surface area contributed by atoms with E-state index in [1.807, 2.05) is 0 Å². The number of hydrogen-bond acceptors (Lipinski definition) is 2. The highest BCUT2D eigenvalue weighted by Gasteiger charge is 2.09. The summed E-state index contributed by atoms with van der Waals surface area (Å²) < 4.78 is 0. The van der Waals surface area contributed by atoms with E-state index in [4.69, 9.17) is 5.73 Å². The topological polar surface area (TPSA) is 56.0 Å². The normalized spacial score (nSPS) is 12.5. The van der Waals surface area contributed by atoms with E-state index in [1.54, 1.807) is 31.5 Å². The minimum Gasteiger partial charge on any atom is -0.369 e. The second-order valence-corrected chi connectivity index (χ2v) is 2.40. The third-order valence-electron chi connectivity index (χ3n) is 1.63. The lowest BCUT2D eigenvalue weighted by Gasteiger charge is -2.05. The van der Waals surface area contributed by atoms with E-state index in [2.05, 4.69) is 4.98 Å². The van der Waals surface area contributed by atoms with E-state index in [0.717, 1.165) is 5.56 Å². The molecule has 1 heterocycles. The molecule has 0 aliphatic carbocycles. The average Bonchev–Trinajstić information content (AvgIpc) is 2.05.